The van der Waals surface area contributed by atoms with Gasteiger partial charge in [-0.1, -0.05) is 19.1 Å². The van der Waals surface area contributed by atoms with Crippen molar-refractivity contribution >= 4 is 23.1 Å². The zero-order chi connectivity index (χ0) is 16.4. The molecule has 0 aliphatic heterocycles. The number of para-hydroxylation sites is 1. The lowest BCUT2D eigenvalue weighted by molar-refractivity contribution is 0.408. The van der Waals surface area contributed by atoms with E-state index in [1.165, 1.54) is 0 Å². The van der Waals surface area contributed by atoms with Crippen LogP contribution in [0.5, 0.6) is 5.75 Å². The van der Waals surface area contributed by atoms with E-state index in [0.29, 0.717) is 17.1 Å². The Morgan fingerprint density at radius 2 is 2.04 bits per heavy atom. The van der Waals surface area contributed by atoms with E-state index in [1.807, 2.05) is 37.3 Å². The summed E-state index contributed by atoms with van der Waals surface area (Å²) < 4.78 is 11.3. The second-order valence-electron chi connectivity index (χ2n) is 5.39. The van der Waals surface area contributed by atoms with Crippen molar-refractivity contribution in [2.45, 2.75) is 20.3 Å². The van der Waals surface area contributed by atoms with Crippen LogP contribution < -0.4 is 10.3 Å². The van der Waals surface area contributed by atoms with Gasteiger partial charge in [-0.15, -0.1) is 0 Å². The topological polar surface area (TPSA) is 55.2 Å². The molecule has 0 amide bonds. The third-order valence-electron chi connectivity index (χ3n) is 3.95. The fraction of sp³-hybridized carbons (Fsp3) is 0.211. The van der Waals surface area contributed by atoms with Gasteiger partial charge in [0, 0.05) is 11.3 Å². The predicted molar refractivity (Wildman–Crippen MR) is 92.9 cm³/mol. The Kier molecular flexibility index (Phi) is 4.06. The lowest BCUT2D eigenvalue weighted by Gasteiger charge is -2.03. The second-order valence-corrected chi connectivity index (χ2v) is 5.39. The van der Waals surface area contributed by atoms with Crippen molar-refractivity contribution in [1.29, 1.82) is 0 Å². The van der Waals surface area contributed by atoms with Gasteiger partial charge in [-0.25, -0.2) is 0 Å². The van der Waals surface area contributed by atoms with Crippen molar-refractivity contribution in [2.24, 2.45) is 0 Å². The quantitative estimate of drug-likeness (QED) is 0.787. The number of H-pyrrole nitrogens is 1. The maximum absolute atomic E-state index is 12.1. The minimum absolute atomic E-state index is 0.106. The Labute approximate surface area is 134 Å². The van der Waals surface area contributed by atoms with Gasteiger partial charge in [-0.2, -0.15) is 0 Å². The third kappa shape index (κ3) is 2.80. The molecule has 0 saturated heterocycles. The molecule has 0 saturated carbocycles. The molecule has 0 aliphatic rings. The van der Waals surface area contributed by atoms with E-state index in [2.05, 4.69) is 11.9 Å². The molecule has 0 aliphatic carbocycles. The predicted octanol–water partition coefficient (Wildman–Crippen LogP) is 4.17. The van der Waals surface area contributed by atoms with Crippen LogP contribution >= 0.6 is 0 Å². The first-order valence-electron chi connectivity index (χ1n) is 7.60. The van der Waals surface area contributed by atoms with E-state index in [4.69, 9.17) is 9.15 Å². The standard InChI is InChI=1S/C19H19NO3/c1-4-13-11-14(19(21)20-12(13)2)9-10-17-18(22-3)15-7-5-6-8-16(15)23-17/h5-11H,4H2,1-3H3,(H,20,21)/b10-9+. The first-order chi connectivity index (χ1) is 11.1. The molecular formula is C19H19NO3. The van der Waals surface area contributed by atoms with Gasteiger partial charge < -0.3 is 14.1 Å². The summed E-state index contributed by atoms with van der Waals surface area (Å²) in [4.78, 5) is 15.0. The maximum Gasteiger partial charge on any atom is 0.255 e. The average Bonchev–Trinajstić information content (AvgIpc) is 2.91. The highest BCUT2D eigenvalue weighted by atomic mass is 16.5. The van der Waals surface area contributed by atoms with Crippen LogP contribution in [0, 0.1) is 6.92 Å². The van der Waals surface area contributed by atoms with Crippen LogP contribution in [0.25, 0.3) is 23.1 Å². The second kappa shape index (κ2) is 6.16. The molecule has 0 radical (unpaired) electrons. The van der Waals surface area contributed by atoms with Crippen molar-refractivity contribution in [3.8, 4) is 5.75 Å². The van der Waals surface area contributed by atoms with Crippen molar-refractivity contribution < 1.29 is 9.15 Å². The van der Waals surface area contributed by atoms with Crippen LogP contribution in [0.3, 0.4) is 0 Å². The SMILES string of the molecule is CCc1cc(/C=C/c2oc3ccccc3c2OC)c(=O)[nH]c1C. The number of hydrogen-bond donors (Lipinski definition) is 1. The number of nitrogens with one attached hydrogen (secondary N) is 1. The van der Waals surface area contributed by atoms with E-state index >= 15 is 0 Å². The van der Waals surface area contributed by atoms with E-state index in [0.717, 1.165) is 28.6 Å². The number of ether oxygens (including phenoxy) is 1. The molecule has 2 heterocycles. The summed E-state index contributed by atoms with van der Waals surface area (Å²) in [5, 5.41) is 0.918. The minimum Gasteiger partial charge on any atom is -0.492 e. The minimum atomic E-state index is -0.106. The Hall–Kier alpha value is -2.75. The molecule has 0 bridgehead atoms. The smallest absolute Gasteiger partial charge is 0.255 e. The number of aromatic amines is 1. The summed E-state index contributed by atoms with van der Waals surface area (Å²) in [7, 11) is 1.61. The summed E-state index contributed by atoms with van der Waals surface area (Å²) >= 11 is 0. The van der Waals surface area contributed by atoms with E-state index < -0.39 is 0 Å². The van der Waals surface area contributed by atoms with Gasteiger partial charge in [0.1, 0.15) is 5.58 Å². The molecule has 0 fully saturated rings. The van der Waals surface area contributed by atoms with E-state index in [1.54, 1.807) is 19.3 Å². The molecule has 1 N–H and O–H groups in total. The van der Waals surface area contributed by atoms with Gasteiger partial charge >= 0.3 is 0 Å². The van der Waals surface area contributed by atoms with Crippen molar-refractivity contribution in [3.05, 3.63) is 63.3 Å². The van der Waals surface area contributed by atoms with Gasteiger partial charge in [0.2, 0.25) is 0 Å². The van der Waals surface area contributed by atoms with Crippen molar-refractivity contribution in [2.75, 3.05) is 7.11 Å². The maximum atomic E-state index is 12.1. The Balaban J connectivity index is 2.05. The molecule has 1 aromatic carbocycles. The van der Waals surface area contributed by atoms with Gasteiger partial charge in [0.05, 0.1) is 12.5 Å². The Bertz CT molecular complexity index is 931. The van der Waals surface area contributed by atoms with Crippen LogP contribution in [-0.2, 0) is 6.42 Å². The number of aromatic nitrogens is 1. The molecule has 23 heavy (non-hydrogen) atoms. The Morgan fingerprint density at radius 1 is 1.26 bits per heavy atom. The lowest BCUT2D eigenvalue weighted by atomic mass is 10.1. The third-order valence-corrected chi connectivity index (χ3v) is 3.95. The number of pyridine rings is 1. The summed E-state index contributed by atoms with van der Waals surface area (Å²) in [6.07, 6.45) is 4.41. The van der Waals surface area contributed by atoms with Crippen LogP contribution in [0.1, 0.15) is 29.5 Å². The summed E-state index contributed by atoms with van der Waals surface area (Å²) in [5.41, 5.74) is 3.30. The molecule has 4 heteroatoms. The summed E-state index contributed by atoms with van der Waals surface area (Å²) in [6, 6.07) is 9.61. The molecule has 2 aromatic heterocycles. The number of benzene rings is 1. The molecule has 0 unspecified atom stereocenters. The fourth-order valence-corrected chi connectivity index (χ4v) is 2.70. The van der Waals surface area contributed by atoms with E-state index in [9.17, 15) is 4.79 Å². The number of fused-ring (bicyclic) bond motifs is 1. The highest BCUT2D eigenvalue weighted by Gasteiger charge is 2.12. The molecule has 0 atom stereocenters. The van der Waals surface area contributed by atoms with Gasteiger partial charge in [-0.3, -0.25) is 4.79 Å². The number of furan rings is 1. The molecule has 3 rings (SSSR count). The molecule has 3 aromatic rings. The number of hydrogen-bond acceptors (Lipinski definition) is 3. The normalized spacial score (nSPS) is 11.4. The molecule has 4 nitrogen and oxygen atoms in total. The number of methoxy groups -OCH3 is 1. The fourth-order valence-electron chi connectivity index (χ4n) is 2.70. The molecular weight excluding hydrogens is 290 g/mol. The van der Waals surface area contributed by atoms with E-state index in [-0.39, 0.29) is 5.56 Å². The van der Waals surface area contributed by atoms with Crippen molar-refractivity contribution in [1.82, 2.24) is 4.98 Å². The van der Waals surface area contributed by atoms with Crippen molar-refractivity contribution in [3.63, 3.8) is 0 Å². The highest BCUT2D eigenvalue weighted by Crippen LogP contribution is 2.33. The van der Waals surface area contributed by atoms with Gasteiger partial charge in [0.15, 0.2) is 11.5 Å². The molecule has 118 valence electrons. The number of aryl methyl sites for hydroxylation is 2. The first-order valence-corrected chi connectivity index (χ1v) is 7.60. The van der Waals surface area contributed by atoms with Crippen LogP contribution in [0.4, 0.5) is 0 Å². The largest absolute Gasteiger partial charge is 0.492 e. The van der Waals surface area contributed by atoms with Crippen LogP contribution in [-0.4, -0.2) is 12.1 Å². The zero-order valence-corrected chi connectivity index (χ0v) is 13.5. The lowest BCUT2D eigenvalue weighted by Crippen LogP contribution is -2.12. The summed E-state index contributed by atoms with van der Waals surface area (Å²) in [5.74, 6) is 1.28. The highest BCUT2D eigenvalue weighted by molar-refractivity contribution is 5.89. The van der Waals surface area contributed by atoms with Gasteiger partial charge in [0.25, 0.3) is 5.56 Å². The summed E-state index contributed by atoms with van der Waals surface area (Å²) in [6.45, 7) is 3.98. The van der Waals surface area contributed by atoms with Gasteiger partial charge in [-0.05, 0) is 49.3 Å². The number of rotatable bonds is 4. The molecule has 0 spiro atoms. The first kappa shape index (κ1) is 15.2. The van der Waals surface area contributed by atoms with Crippen LogP contribution in [0.2, 0.25) is 0 Å². The monoisotopic (exact) mass is 309 g/mol. The Morgan fingerprint density at radius 3 is 2.78 bits per heavy atom. The average molecular weight is 309 g/mol. The zero-order valence-electron chi connectivity index (χ0n) is 13.5. The van der Waals surface area contributed by atoms with Crippen LogP contribution in [0.15, 0.2) is 39.5 Å².